The van der Waals surface area contributed by atoms with E-state index in [2.05, 4.69) is 62.5 Å². The summed E-state index contributed by atoms with van der Waals surface area (Å²) in [6.07, 6.45) is 8.26. The van der Waals surface area contributed by atoms with Crippen LogP contribution in [0.3, 0.4) is 0 Å². The molecule has 0 aliphatic heterocycles. The Balaban J connectivity index is 1.63. The van der Waals surface area contributed by atoms with E-state index in [1.165, 1.54) is 29.5 Å². The number of nitrogens with one attached hydrogen (secondary N) is 1. The van der Waals surface area contributed by atoms with Gasteiger partial charge in [0.2, 0.25) is 5.91 Å². The standard InChI is InChI=1S/C23H27NO/c1-23(2,3)20-12-8-17(9-13-20)10-15-22(25)24-21-14-11-18-6-4-5-7-19(18)16-21/h8-16H,4-7H2,1-3H3,(H,24,25)/b15-10+. The van der Waals surface area contributed by atoms with Crippen molar-refractivity contribution in [1.29, 1.82) is 0 Å². The van der Waals surface area contributed by atoms with Gasteiger partial charge in [0.25, 0.3) is 0 Å². The second kappa shape index (κ2) is 7.26. The van der Waals surface area contributed by atoms with Crippen LogP contribution in [0.4, 0.5) is 5.69 Å². The molecule has 1 aliphatic rings. The molecule has 0 unspecified atom stereocenters. The molecule has 2 nitrogen and oxygen atoms in total. The molecular formula is C23H27NO. The van der Waals surface area contributed by atoms with Gasteiger partial charge < -0.3 is 5.32 Å². The Kier molecular flexibility index (Phi) is 5.08. The minimum atomic E-state index is -0.0874. The van der Waals surface area contributed by atoms with Crippen LogP contribution in [0, 0.1) is 0 Å². The minimum Gasteiger partial charge on any atom is -0.323 e. The predicted molar refractivity (Wildman–Crippen MR) is 106 cm³/mol. The van der Waals surface area contributed by atoms with Crippen LogP contribution in [-0.4, -0.2) is 5.91 Å². The molecule has 3 rings (SSSR count). The van der Waals surface area contributed by atoms with Crippen molar-refractivity contribution in [2.24, 2.45) is 0 Å². The largest absolute Gasteiger partial charge is 0.323 e. The van der Waals surface area contributed by atoms with Crippen LogP contribution in [-0.2, 0) is 23.1 Å². The Morgan fingerprint density at radius 3 is 2.32 bits per heavy atom. The van der Waals surface area contributed by atoms with E-state index < -0.39 is 0 Å². The molecule has 0 saturated carbocycles. The zero-order valence-corrected chi connectivity index (χ0v) is 15.4. The fraction of sp³-hybridized carbons (Fsp3) is 0.348. The van der Waals surface area contributed by atoms with Gasteiger partial charge in [-0.15, -0.1) is 0 Å². The monoisotopic (exact) mass is 333 g/mol. The summed E-state index contributed by atoms with van der Waals surface area (Å²) in [5.74, 6) is -0.0874. The fourth-order valence-electron chi connectivity index (χ4n) is 3.26. The molecule has 0 atom stereocenters. The van der Waals surface area contributed by atoms with Gasteiger partial charge in [0.05, 0.1) is 0 Å². The van der Waals surface area contributed by atoms with Gasteiger partial charge in [0, 0.05) is 11.8 Å². The van der Waals surface area contributed by atoms with Gasteiger partial charge in [-0.2, -0.15) is 0 Å². The normalized spacial score (nSPS) is 14.4. The molecule has 0 saturated heterocycles. The second-order valence-electron chi connectivity index (χ2n) is 7.89. The molecule has 0 fully saturated rings. The molecule has 0 radical (unpaired) electrons. The highest BCUT2D eigenvalue weighted by Crippen LogP contribution is 2.24. The van der Waals surface area contributed by atoms with Gasteiger partial charge in [-0.05, 0) is 71.6 Å². The summed E-state index contributed by atoms with van der Waals surface area (Å²) < 4.78 is 0. The highest BCUT2D eigenvalue weighted by atomic mass is 16.1. The third kappa shape index (κ3) is 4.60. The zero-order valence-electron chi connectivity index (χ0n) is 15.4. The summed E-state index contributed by atoms with van der Waals surface area (Å²) in [6.45, 7) is 6.59. The van der Waals surface area contributed by atoms with E-state index in [9.17, 15) is 4.79 Å². The second-order valence-corrected chi connectivity index (χ2v) is 7.89. The molecule has 130 valence electrons. The summed E-state index contributed by atoms with van der Waals surface area (Å²) in [5.41, 5.74) is 6.17. The average Bonchev–Trinajstić information content (AvgIpc) is 2.59. The molecule has 0 heterocycles. The third-order valence-electron chi connectivity index (χ3n) is 4.82. The number of fused-ring (bicyclic) bond motifs is 1. The van der Waals surface area contributed by atoms with E-state index in [0.717, 1.165) is 24.1 Å². The minimum absolute atomic E-state index is 0.0874. The van der Waals surface area contributed by atoms with Gasteiger partial charge in [0.15, 0.2) is 0 Å². The van der Waals surface area contributed by atoms with E-state index >= 15 is 0 Å². The molecule has 0 aromatic heterocycles. The van der Waals surface area contributed by atoms with Gasteiger partial charge in [-0.25, -0.2) is 0 Å². The first-order valence-electron chi connectivity index (χ1n) is 9.13. The molecule has 0 bridgehead atoms. The van der Waals surface area contributed by atoms with Crippen molar-refractivity contribution in [2.45, 2.75) is 51.9 Å². The Morgan fingerprint density at radius 2 is 1.64 bits per heavy atom. The number of carbonyl (C=O) groups excluding carboxylic acids is 1. The van der Waals surface area contributed by atoms with E-state index in [1.807, 2.05) is 12.1 Å². The lowest BCUT2D eigenvalue weighted by molar-refractivity contribution is -0.111. The van der Waals surface area contributed by atoms with E-state index in [4.69, 9.17) is 0 Å². The molecule has 2 aromatic rings. The van der Waals surface area contributed by atoms with Crippen LogP contribution in [0.15, 0.2) is 48.5 Å². The molecule has 2 heteroatoms. The maximum Gasteiger partial charge on any atom is 0.248 e. The summed E-state index contributed by atoms with van der Waals surface area (Å²) in [7, 11) is 0. The summed E-state index contributed by atoms with van der Waals surface area (Å²) in [6, 6.07) is 14.7. The van der Waals surface area contributed by atoms with Crippen LogP contribution < -0.4 is 5.32 Å². The average molecular weight is 333 g/mol. The molecular weight excluding hydrogens is 306 g/mol. The highest BCUT2D eigenvalue weighted by molar-refractivity contribution is 6.02. The van der Waals surface area contributed by atoms with E-state index in [0.29, 0.717) is 0 Å². The van der Waals surface area contributed by atoms with Crippen LogP contribution in [0.25, 0.3) is 6.08 Å². The van der Waals surface area contributed by atoms with E-state index in [-0.39, 0.29) is 11.3 Å². The smallest absolute Gasteiger partial charge is 0.248 e. The maximum absolute atomic E-state index is 12.2. The summed E-state index contributed by atoms with van der Waals surface area (Å²) >= 11 is 0. The number of benzene rings is 2. The van der Waals surface area contributed by atoms with Gasteiger partial charge >= 0.3 is 0 Å². The van der Waals surface area contributed by atoms with Crippen molar-refractivity contribution in [1.82, 2.24) is 0 Å². The maximum atomic E-state index is 12.2. The Bertz CT molecular complexity index is 779. The third-order valence-corrected chi connectivity index (χ3v) is 4.82. The van der Waals surface area contributed by atoms with Crippen molar-refractivity contribution >= 4 is 17.7 Å². The lowest BCUT2D eigenvalue weighted by atomic mass is 9.87. The molecule has 2 aromatic carbocycles. The van der Waals surface area contributed by atoms with Gasteiger partial charge in [-0.1, -0.05) is 51.1 Å². The number of carbonyl (C=O) groups is 1. The zero-order chi connectivity index (χ0) is 17.9. The number of rotatable bonds is 3. The molecule has 1 N–H and O–H groups in total. The lowest BCUT2D eigenvalue weighted by Crippen LogP contribution is -2.10. The first kappa shape index (κ1) is 17.5. The van der Waals surface area contributed by atoms with Gasteiger partial charge in [-0.3, -0.25) is 4.79 Å². The highest BCUT2D eigenvalue weighted by Gasteiger charge is 2.12. The SMILES string of the molecule is CC(C)(C)c1ccc(/C=C/C(=O)Nc2ccc3c(c2)CCCC3)cc1. The van der Waals surface area contributed by atoms with Crippen LogP contribution in [0.5, 0.6) is 0 Å². The Morgan fingerprint density at radius 1 is 0.960 bits per heavy atom. The number of aryl methyl sites for hydroxylation is 2. The number of anilines is 1. The molecule has 25 heavy (non-hydrogen) atoms. The lowest BCUT2D eigenvalue weighted by Gasteiger charge is -2.18. The Hall–Kier alpha value is -2.35. The fourth-order valence-corrected chi connectivity index (χ4v) is 3.26. The van der Waals surface area contributed by atoms with Crippen molar-refractivity contribution in [2.75, 3.05) is 5.32 Å². The number of hydrogen-bond donors (Lipinski definition) is 1. The quantitative estimate of drug-likeness (QED) is 0.737. The van der Waals surface area contributed by atoms with Crippen molar-refractivity contribution in [3.8, 4) is 0 Å². The Labute approximate surface area is 151 Å². The van der Waals surface area contributed by atoms with Crippen LogP contribution in [0.1, 0.15) is 55.9 Å². The first-order chi connectivity index (χ1) is 11.9. The van der Waals surface area contributed by atoms with Crippen LogP contribution in [0.2, 0.25) is 0 Å². The van der Waals surface area contributed by atoms with Crippen molar-refractivity contribution in [3.63, 3.8) is 0 Å². The van der Waals surface area contributed by atoms with Crippen molar-refractivity contribution in [3.05, 3.63) is 70.8 Å². The van der Waals surface area contributed by atoms with Gasteiger partial charge in [0.1, 0.15) is 0 Å². The number of hydrogen-bond acceptors (Lipinski definition) is 1. The number of amides is 1. The summed E-state index contributed by atoms with van der Waals surface area (Å²) in [4.78, 5) is 12.2. The molecule has 1 amide bonds. The molecule has 0 spiro atoms. The molecule has 1 aliphatic carbocycles. The summed E-state index contributed by atoms with van der Waals surface area (Å²) in [5, 5.41) is 2.97. The topological polar surface area (TPSA) is 29.1 Å². The van der Waals surface area contributed by atoms with E-state index in [1.54, 1.807) is 6.08 Å². The van der Waals surface area contributed by atoms with Crippen molar-refractivity contribution < 1.29 is 4.79 Å². The predicted octanol–water partition coefficient (Wildman–Crippen LogP) is 5.51. The first-order valence-corrected chi connectivity index (χ1v) is 9.13. The van der Waals surface area contributed by atoms with Crippen LogP contribution >= 0.6 is 0 Å².